The first kappa shape index (κ1) is 13.7. The predicted octanol–water partition coefficient (Wildman–Crippen LogP) is 5.04. The van der Waals surface area contributed by atoms with Crippen molar-refractivity contribution in [1.82, 2.24) is 0 Å². The van der Waals surface area contributed by atoms with E-state index in [4.69, 9.17) is 0 Å². The van der Waals surface area contributed by atoms with Crippen LogP contribution >= 0.6 is 11.3 Å². The minimum Gasteiger partial charge on any atom is -0.508 e. The lowest BCUT2D eigenvalue weighted by atomic mass is 10.1. The number of nitrogens with one attached hydrogen (secondary N) is 1. The van der Waals surface area contributed by atoms with Gasteiger partial charge < -0.3 is 10.4 Å². The van der Waals surface area contributed by atoms with Gasteiger partial charge in [-0.3, -0.25) is 0 Å². The molecule has 3 rings (SSSR count). The molecular weight excluding hydrogens is 278 g/mol. The number of hydrogen-bond donors (Lipinski definition) is 2. The molecule has 3 heteroatoms. The van der Waals surface area contributed by atoms with Gasteiger partial charge in [0.1, 0.15) is 5.75 Å². The van der Waals surface area contributed by atoms with Gasteiger partial charge in [0.05, 0.1) is 0 Å². The number of aromatic hydroxyl groups is 1. The Morgan fingerprint density at radius 1 is 1.00 bits per heavy atom. The summed E-state index contributed by atoms with van der Waals surface area (Å²) >= 11 is 1.75. The summed E-state index contributed by atoms with van der Waals surface area (Å²) < 4.78 is 0. The molecule has 0 atom stereocenters. The van der Waals surface area contributed by atoms with Gasteiger partial charge in [0, 0.05) is 23.2 Å². The van der Waals surface area contributed by atoms with Crippen molar-refractivity contribution in [2.75, 3.05) is 5.32 Å². The molecule has 0 saturated carbocycles. The minimum absolute atomic E-state index is 0.330. The highest BCUT2D eigenvalue weighted by molar-refractivity contribution is 7.10. The number of benzene rings is 2. The maximum absolute atomic E-state index is 9.71. The van der Waals surface area contributed by atoms with Crippen molar-refractivity contribution >= 4 is 17.0 Å². The third kappa shape index (κ3) is 3.26. The lowest BCUT2D eigenvalue weighted by molar-refractivity contribution is 0.471. The van der Waals surface area contributed by atoms with Crippen LogP contribution in [0.25, 0.3) is 11.1 Å². The molecule has 21 heavy (non-hydrogen) atoms. The molecule has 106 valence electrons. The molecule has 1 heterocycles. The zero-order chi connectivity index (χ0) is 14.7. The Morgan fingerprint density at radius 2 is 1.81 bits per heavy atom. The van der Waals surface area contributed by atoms with E-state index in [9.17, 15) is 5.11 Å². The van der Waals surface area contributed by atoms with Crippen molar-refractivity contribution in [2.45, 2.75) is 13.5 Å². The summed E-state index contributed by atoms with van der Waals surface area (Å²) in [6, 6.07) is 18.3. The number of thiophene rings is 1. The Morgan fingerprint density at radius 3 is 2.57 bits per heavy atom. The molecule has 2 N–H and O–H groups in total. The third-order valence-electron chi connectivity index (χ3n) is 3.44. The van der Waals surface area contributed by atoms with Gasteiger partial charge in [-0.2, -0.15) is 0 Å². The van der Waals surface area contributed by atoms with Gasteiger partial charge in [-0.25, -0.2) is 0 Å². The van der Waals surface area contributed by atoms with E-state index in [0.717, 1.165) is 17.8 Å². The quantitative estimate of drug-likeness (QED) is 0.706. The molecule has 0 aliphatic rings. The summed E-state index contributed by atoms with van der Waals surface area (Å²) in [6.45, 7) is 2.66. The van der Waals surface area contributed by atoms with Gasteiger partial charge >= 0.3 is 0 Å². The molecule has 0 unspecified atom stereocenters. The average Bonchev–Trinajstić information content (AvgIpc) is 2.98. The molecule has 3 aromatic rings. The molecule has 0 fully saturated rings. The van der Waals surface area contributed by atoms with Crippen LogP contribution < -0.4 is 5.32 Å². The minimum atomic E-state index is 0.330. The van der Waals surface area contributed by atoms with E-state index in [1.165, 1.54) is 16.0 Å². The molecule has 2 nitrogen and oxygen atoms in total. The van der Waals surface area contributed by atoms with E-state index in [-0.39, 0.29) is 0 Å². The maximum Gasteiger partial charge on any atom is 0.120 e. The highest BCUT2D eigenvalue weighted by atomic mass is 32.1. The lowest BCUT2D eigenvalue weighted by Crippen LogP contribution is -1.97. The van der Waals surface area contributed by atoms with Gasteiger partial charge in [-0.15, -0.1) is 11.3 Å². The van der Waals surface area contributed by atoms with E-state index >= 15 is 0 Å². The second-order valence-electron chi connectivity index (χ2n) is 5.02. The van der Waals surface area contributed by atoms with Gasteiger partial charge in [0.2, 0.25) is 0 Å². The van der Waals surface area contributed by atoms with Crippen LogP contribution in [0.15, 0.2) is 60.0 Å². The summed E-state index contributed by atoms with van der Waals surface area (Å²) in [7, 11) is 0. The van der Waals surface area contributed by atoms with Crippen LogP contribution in [0.3, 0.4) is 0 Å². The van der Waals surface area contributed by atoms with Crippen molar-refractivity contribution < 1.29 is 5.11 Å². The standard InChI is InChI=1S/C18H17NOS/c1-13-7-8-16(10-18(13)20)19-11-17-9-15(12-21-17)14-5-3-2-4-6-14/h2-10,12,19-20H,11H2,1H3. The second kappa shape index (κ2) is 6.02. The Kier molecular flexibility index (Phi) is 3.93. The van der Waals surface area contributed by atoms with Crippen molar-refractivity contribution in [2.24, 2.45) is 0 Å². The number of phenolic OH excluding ortho intramolecular Hbond substituents is 1. The fourth-order valence-corrected chi connectivity index (χ4v) is 3.00. The van der Waals surface area contributed by atoms with E-state index in [1.807, 2.05) is 25.1 Å². The summed E-state index contributed by atoms with van der Waals surface area (Å²) in [5, 5.41) is 15.2. The molecule has 1 aromatic heterocycles. The van der Waals surface area contributed by atoms with Crippen LogP contribution in [0.4, 0.5) is 5.69 Å². The third-order valence-corrected chi connectivity index (χ3v) is 4.37. The van der Waals surface area contributed by atoms with Crippen molar-refractivity contribution in [3.63, 3.8) is 0 Å². The molecule has 0 amide bonds. The van der Waals surface area contributed by atoms with E-state index < -0.39 is 0 Å². The second-order valence-corrected chi connectivity index (χ2v) is 6.02. The highest BCUT2D eigenvalue weighted by Gasteiger charge is 2.03. The first-order chi connectivity index (χ1) is 10.2. The first-order valence-corrected chi connectivity index (χ1v) is 7.76. The normalized spacial score (nSPS) is 10.5. The van der Waals surface area contributed by atoms with Crippen molar-refractivity contribution in [3.8, 4) is 16.9 Å². The highest BCUT2D eigenvalue weighted by Crippen LogP contribution is 2.27. The number of hydrogen-bond acceptors (Lipinski definition) is 3. The molecule has 0 radical (unpaired) electrons. The van der Waals surface area contributed by atoms with Crippen LogP contribution in [0.2, 0.25) is 0 Å². The number of aryl methyl sites for hydroxylation is 1. The lowest BCUT2D eigenvalue weighted by Gasteiger charge is -2.06. The van der Waals surface area contributed by atoms with E-state index in [0.29, 0.717) is 5.75 Å². The van der Waals surface area contributed by atoms with Crippen LogP contribution in [-0.4, -0.2) is 5.11 Å². The van der Waals surface area contributed by atoms with Gasteiger partial charge in [-0.1, -0.05) is 36.4 Å². The Balaban J connectivity index is 1.69. The topological polar surface area (TPSA) is 32.3 Å². The molecule has 0 aliphatic heterocycles. The van der Waals surface area contributed by atoms with Gasteiger partial charge in [-0.05, 0) is 41.1 Å². The summed E-state index contributed by atoms with van der Waals surface area (Å²) in [4.78, 5) is 1.27. The molecule has 0 spiro atoms. The zero-order valence-electron chi connectivity index (χ0n) is 11.8. The number of phenols is 1. The summed E-state index contributed by atoms with van der Waals surface area (Å²) in [5.41, 5.74) is 4.33. The van der Waals surface area contributed by atoms with Gasteiger partial charge in [0.25, 0.3) is 0 Å². The van der Waals surface area contributed by atoms with Crippen LogP contribution in [-0.2, 0) is 6.54 Å². The van der Waals surface area contributed by atoms with Crippen LogP contribution in [0.1, 0.15) is 10.4 Å². The van der Waals surface area contributed by atoms with Crippen molar-refractivity contribution in [3.05, 3.63) is 70.4 Å². The molecule has 2 aromatic carbocycles. The number of anilines is 1. The summed E-state index contributed by atoms with van der Waals surface area (Å²) in [6.07, 6.45) is 0. The summed E-state index contributed by atoms with van der Waals surface area (Å²) in [5.74, 6) is 0.330. The smallest absolute Gasteiger partial charge is 0.120 e. The molecule has 0 aliphatic carbocycles. The molecule has 0 bridgehead atoms. The Bertz CT molecular complexity index is 734. The Hall–Kier alpha value is -2.26. The molecule has 0 saturated heterocycles. The fraction of sp³-hybridized carbons (Fsp3) is 0.111. The van der Waals surface area contributed by atoms with Gasteiger partial charge in [0.15, 0.2) is 0 Å². The van der Waals surface area contributed by atoms with E-state index in [1.54, 1.807) is 17.4 Å². The largest absolute Gasteiger partial charge is 0.508 e. The average molecular weight is 295 g/mol. The first-order valence-electron chi connectivity index (χ1n) is 6.89. The zero-order valence-corrected chi connectivity index (χ0v) is 12.7. The van der Waals surface area contributed by atoms with Crippen LogP contribution in [0.5, 0.6) is 5.75 Å². The van der Waals surface area contributed by atoms with Crippen molar-refractivity contribution in [1.29, 1.82) is 0 Å². The monoisotopic (exact) mass is 295 g/mol. The molecular formula is C18H17NOS. The SMILES string of the molecule is Cc1ccc(NCc2cc(-c3ccccc3)cs2)cc1O. The van der Waals surface area contributed by atoms with Crippen LogP contribution in [0, 0.1) is 6.92 Å². The van der Waals surface area contributed by atoms with E-state index in [2.05, 4.69) is 41.0 Å². The maximum atomic E-state index is 9.71. The fourth-order valence-electron chi connectivity index (χ4n) is 2.16. The Labute approximate surface area is 128 Å². The number of rotatable bonds is 4. The predicted molar refractivity (Wildman–Crippen MR) is 89.9 cm³/mol.